The highest BCUT2D eigenvalue weighted by Crippen LogP contribution is 2.64. The first-order valence-corrected chi connectivity index (χ1v) is 9.23. The van der Waals surface area contributed by atoms with E-state index in [1.54, 1.807) is 0 Å². The molecule has 2 aliphatic rings. The molecule has 0 amide bonds. The van der Waals surface area contributed by atoms with Crippen LogP contribution in [0.3, 0.4) is 0 Å². The van der Waals surface area contributed by atoms with Crippen molar-refractivity contribution in [2.45, 2.75) is 57.4 Å². The highest BCUT2D eigenvalue weighted by Gasteiger charge is 2.48. The maximum absolute atomic E-state index is 12.9. The molecule has 1 aliphatic heterocycles. The average Bonchev–Trinajstić information content (AvgIpc) is 2.47. The fraction of sp³-hybridized carbons (Fsp3) is 0.625. The molecule has 0 bridgehead atoms. The Balaban J connectivity index is 1.94. The standard InChI is InChI=1S/C16H23O3P/c1-12(2)20(17)18-15-11-7-6-10-14(15)16(19-20)13-8-4-3-5-9-13/h3-5,8-9,12,14-16H,6-7,10-11H2,1-2H3. The van der Waals surface area contributed by atoms with Crippen LogP contribution in [0, 0.1) is 5.92 Å². The van der Waals surface area contributed by atoms with Crippen molar-refractivity contribution in [3.05, 3.63) is 35.9 Å². The van der Waals surface area contributed by atoms with Gasteiger partial charge in [-0.05, 0) is 18.4 Å². The molecule has 0 aromatic heterocycles. The maximum atomic E-state index is 12.9. The van der Waals surface area contributed by atoms with Crippen molar-refractivity contribution in [1.29, 1.82) is 0 Å². The molecule has 1 aromatic carbocycles. The van der Waals surface area contributed by atoms with Gasteiger partial charge in [0.15, 0.2) is 0 Å². The molecule has 1 heterocycles. The first kappa shape index (κ1) is 14.3. The molecule has 4 heteroatoms. The summed E-state index contributed by atoms with van der Waals surface area (Å²) in [6.07, 6.45) is 4.50. The lowest BCUT2D eigenvalue weighted by atomic mass is 9.80. The Labute approximate surface area is 121 Å². The maximum Gasteiger partial charge on any atom is 0.334 e. The van der Waals surface area contributed by atoms with Crippen LogP contribution in [0.4, 0.5) is 0 Å². The third kappa shape index (κ3) is 2.59. The second-order valence-electron chi connectivity index (χ2n) is 6.16. The Hall–Kier alpha value is -0.630. The highest BCUT2D eigenvalue weighted by molar-refractivity contribution is 7.54. The monoisotopic (exact) mass is 294 g/mol. The summed E-state index contributed by atoms with van der Waals surface area (Å²) in [4.78, 5) is 0. The lowest BCUT2D eigenvalue weighted by Gasteiger charge is -2.45. The van der Waals surface area contributed by atoms with Gasteiger partial charge in [-0.15, -0.1) is 0 Å². The number of benzene rings is 1. The van der Waals surface area contributed by atoms with Crippen LogP contribution in [-0.2, 0) is 13.6 Å². The molecule has 3 rings (SSSR count). The molecular weight excluding hydrogens is 271 g/mol. The van der Waals surface area contributed by atoms with Gasteiger partial charge in [0.05, 0.1) is 17.9 Å². The van der Waals surface area contributed by atoms with Gasteiger partial charge in [0.25, 0.3) is 0 Å². The van der Waals surface area contributed by atoms with Gasteiger partial charge in [-0.1, -0.05) is 57.0 Å². The summed E-state index contributed by atoms with van der Waals surface area (Å²) in [5.41, 5.74) is 1.05. The van der Waals surface area contributed by atoms with Crippen LogP contribution >= 0.6 is 7.60 Å². The minimum atomic E-state index is -3.00. The SMILES string of the molecule is CC(C)P1(=O)OC2CCCCC2C(c2ccccc2)O1. The topological polar surface area (TPSA) is 35.5 Å². The van der Waals surface area contributed by atoms with E-state index < -0.39 is 7.60 Å². The molecule has 3 nitrogen and oxygen atoms in total. The zero-order chi connectivity index (χ0) is 14.2. The molecule has 0 spiro atoms. The summed E-state index contributed by atoms with van der Waals surface area (Å²) in [6.45, 7) is 3.85. The Morgan fingerprint density at radius 1 is 1.10 bits per heavy atom. The quantitative estimate of drug-likeness (QED) is 0.725. The zero-order valence-electron chi connectivity index (χ0n) is 12.2. The summed E-state index contributed by atoms with van der Waals surface area (Å²) in [7, 11) is -3.00. The van der Waals surface area contributed by atoms with E-state index in [0.29, 0.717) is 5.92 Å². The summed E-state index contributed by atoms with van der Waals surface area (Å²) in [5.74, 6) is 0.340. The lowest BCUT2D eigenvalue weighted by molar-refractivity contribution is -0.0492. The van der Waals surface area contributed by atoms with E-state index in [4.69, 9.17) is 9.05 Å². The van der Waals surface area contributed by atoms with E-state index in [9.17, 15) is 4.57 Å². The fourth-order valence-electron chi connectivity index (χ4n) is 3.25. The van der Waals surface area contributed by atoms with Gasteiger partial charge in [-0.3, -0.25) is 9.09 Å². The third-order valence-electron chi connectivity index (χ3n) is 4.45. The predicted octanol–water partition coefficient (Wildman–Crippen LogP) is 4.93. The minimum Gasteiger partial charge on any atom is -0.305 e. The molecule has 20 heavy (non-hydrogen) atoms. The number of fused-ring (bicyclic) bond motifs is 1. The van der Waals surface area contributed by atoms with Gasteiger partial charge in [-0.25, -0.2) is 0 Å². The number of rotatable bonds is 2. The second-order valence-corrected chi connectivity index (χ2v) is 8.70. The van der Waals surface area contributed by atoms with Crippen molar-refractivity contribution in [2.75, 3.05) is 0 Å². The molecule has 1 saturated heterocycles. The van der Waals surface area contributed by atoms with Crippen molar-refractivity contribution in [1.82, 2.24) is 0 Å². The molecule has 4 atom stereocenters. The average molecular weight is 294 g/mol. The van der Waals surface area contributed by atoms with E-state index in [2.05, 4.69) is 12.1 Å². The van der Waals surface area contributed by atoms with E-state index in [1.807, 2.05) is 32.0 Å². The first-order chi connectivity index (χ1) is 9.60. The molecule has 0 radical (unpaired) electrons. The van der Waals surface area contributed by atoms with Crippen molar-refractivity contribution in [3.8, 4) is 0 Å². The van der Waals surface area contributed by atoms with Crippen molar-refractivity contribution >= 4 is 7.60 Å². The van der Waals surface area contributed by atoms with Crippen LogP contribution in [0.1, 0.15) is 51.2 Å². The zero-order valence-corrected chi connectivity index (χ0v) is 13.1. The van der Waals surface area contributed by atoms with Gasteiger partial charge >= 0.3 is 7.60 Å². The molecular formula is C16H23O3P. The van der Waals surface area contributed by atoms with Crippen LogP contribution in [0.2, 0.25) is 0 Å². The Kier molecular flexibility index (Phi) is 4.03. The summed E-state index contributed by atoms with van der Waals surface area (Å²) in [5, 5.41) is 0. The molecule has 1 saturated carbocycles. The number of hydrogen-bond donors (Lipinski definition) is 0. The van der Waals surface area contributed by atoms with E-state index in [1.165, 1.54) is 12.8 Å². The van der Waals surface area contributed by atoms with Gasteiger partial charge in [0.1, 0.15) is 0 Å². The van der Waals surface area contributed by atoms with Gasteiger partial charge in [0.2, 0.25) is 0 Å². The largest absolute Gasteiger partial charge is 0.334 e. The fourth-order valence-corrected chi connectivity index (χ4v) is 5.02. The van der Waals surface area contributed by atoms with Gasteiger partial charge in [0, 0.05) is 5.92 Å². The molecule has 110 valence electrons. The van der Waals surface area contributed by atoms with Crippen LogP contribution in [0.25, 0.3) is 0 Å². The second kappa shape index (κ2) is 5.63. The van der Waals surface area contributed by atoms with E-state index in [0.717, 1.165) is 18.4 Å². The Morgan fingerprint density at radius 3 is 2.50 bits per heavy atom. The van der Waals surface area contributed by atoms with Gasteiger partial charge in [-0.2, -0.15) is 0 Å². The van der Waals surface area contributed by atoms with Crippen molar-refractivity contribution < 1.29 is 13.6 Å². The normalized spacial score (nSPS) is 37.6. The molecule has 2 fully saturated rings. The predicted molar refractivity (Wildman–Crippen MR) is 79.8 cm³/mol. The Morgan fingerprint density at radius 2 is 1.80 bits per heavy atom. The number of hydrogen-bond acceptors (Lipinski definition) is 3. The van der Waals surface area contributed by atoms with E-state index >= 15 is 0 Å². The highest BCUT2D eigenvalue weighted by atomic mass is 31.2. The first-order valence-electron chi connectivity index (χ1n) is 7.61. The van der Waals surface area contributed by atoms with Crippen LogP contribution in [-0.4, -0.2) is 11.8 Å². The molecule has 1 aliphatic carbocycles. The summed E-state index contributed by atoms with van der Waals surface area (Å²) < 4.78 is 24.9. The lowest BCUT2D eigenvalue weighted by Crippen LogP contribution is -2.38. The third-order valence-corrected chi connectivity index (χ3v) is 6.80. The summed E-state index contributed by atoms with van der Waals surface area (Å²) >= 11 is 0. The molecule has 1 aromatic rings. The van der Waals surface area contributed by atoms with Crippen molar-refractivity contribution in [3.63, 3.8) is 0 Å². The van der Waals surface area contributed by atoms with Crippen LogP contribution in [0.5, 0.6) is 0 Å². The Bertz CT molecular complexity index is 500. The van der Waals surface area contributed by atoms with Crippen LogP contribution < -0.4 is 0 Å². The van der Waals surface area contributed by atoms with E-state index in [-0.39, 0.29) is 17.9 Å². The van der Waals surface area contributed by atoms with Crippen LogP contribution in [0.15, 0.2) is 30.3 Å². The molecule has 0 N–H and O–H groups in total. The van der Waals surface area contributed by atoms with Gasteiger partial charge < -0.3 is 4.52 Å². The smallest absolute Gasteiger partial charge is 0.305 e. The minimum absolute atomic E-state index is 0.0801. The summed E-state index contributed by atoms with van der Waals surface area (Å²) in [6, 6.07) is 10.2. The van der Waals surface area contributed by atoms with Crippen molar-refractivity contribution in [2.24, 2.45) is 5.92 Å². The molecule has 4 unspecified atom stereocenters.